The molecule has 2 unspecified atom stereocenters. The van der Waals surface area contributed by atoms with Gasteiger partial charge in [-0.25, -0.2) is 0 Å². The van der Waals surface area contributed by atoms with Crippen LogP contribution < -0.4 is 15.4 Å². The van der Waals surface area contributed by atoms with E-state index in [0.717, 1.165) is 50.9 Å². The maximum atomic E-state index is 12.5. The molecule has 7 heteroatoms. The normalized spacial score (nSPS) is 21.1. The van der Waals surface area contributed by atoms with E-state index in [-0.39, 0.29) is 11.9 Å². The fourth-order valence-electron chi connectivity index (χ4n) is 4.71. The number of hydrogen-bond donors (Lipinski definition) is 2. The number of nitrogens with one attached hydrogen (secondary N) is 2. The van der Waals surface area contributed by atoms with Crippen molar-refractivity contribution in [3.8, 4) is 5.75 Å². The van der Waals surface area contributed by atoms with Gasteiger partial charge in [0.05, 0.1) is 13.2 Å². The Balaban J connectivity index is 1.53. The van der Waals surface area contributed by atoms with Crippen molar-refractivity contribution in [3.05, 3.63) is 29.8 Å². The molecule has 2 fully saturated rings. The zero-order valence-corrected chi connectivity index (χ0v) is 19.4. The number of amides is 1. The Morgan fingerprint density at radius 1 is 1.19 bits per heavy atom. The minimum absolute atomic E-state index is 0.216. The Labute approximate surface area is 187 Å². The molecule has 172 valence electrons. The van der Waals surface area contributed by atoms with Crippen LogP contribution in [0.15, 0.2) is 29.3 Å². The Morgan fingerprint density at radius 3 is 2.68 bits per heavy atom. The monoisotopic (exact) mass is 429 g/mol. The molecule has 1 aromatic rings. The molecular weight excluding hydrogens is 390 g/mol. The summed E-state index contributed by atoms with van der Waals surface area (Å²) in [5, 5.41) is 6.79. The molecule has 0 aromatic heterocycles. The highest BCUT2D eigenvalue weighted by Crippen LogP contribution is 2.31. The van der Waals surface area contributed by atoms with Crippen molar-refractivity contribution in [2.45, 2.75) is 45.1 Å². The summed E-state index contributed by atoms with van der Waals surface area (Å²) in [6, 6.07) is 8.48. The molecule has 0 spiro atoms. The number of benzene rings is 1. The molecule has 2 saturated heterocycles. The molecule has 3 rings (SSSR count). The lowest BCUT2D eigenvalue weighted by Crippen LogP contribution is -2.44. The van der Waals surface area contributed by atoms with Crippen LogP contribution in [-0.4, -0.2) is 75.1 Å². The zero-order chi connectivity index (χ0) is 22.1. The first-order valence-corrected chi connectivity index (χ1v) is 11.7. The molecule has 0 radical (unpaired) electrons. The lowest BCUT2D eigenvalue weighted by atomic mass is 10.00. The number of nitrogens with zero attached hydrogens (tertiary/aromatic N) is 3. The smallest absolute Gasteiger partial charge is 0.224 e. The van der Waals surface area contributed by atoms with Crippen molar-refractivity contribution in [2.24, 2.45) is 10.9 Å². The van der Waals surface area contributed by atoms with Gasteiger partial charge in [0.25, 0.3) is 0 Å². The highest BCUT2D eigenvalue weighted by atomic mass is 16.5. The van der Waals surface area contributed by atoms with Crippen LogP contribution in [-0.2, 0) is 4.79 Å². The number of guanidine groups is 1. The standard InChI is InChI=1S/C24H39N5O2/c1-19-9-8-16-29(18-19)23(30)12-13-26-24(25-2)27-17-21(28-14-6-7-15-28)20-10-4-5-11-22(20)31-3/h4-5,10-11,19,21H,6-9,12-18H2,1-3H3,(H2,25,26,27). The van der Waals surface area contributed by atoms with Gasteiger partial charge in [0, 0.05) is 45.2 Å². The van der Waals surface area contributed by atoms with Gasteiger partial charge in [0.15, 0.2) is 5.96 Å². The molecule has 0 bridgehead atoms. The van der Waals surface area contributed by atoms with Crippen LogP contribution in [0.3, 0.4) is 0 Å². The van der Waals surface area contributed by atoms with Crippen LogP contribution in [0, 0.1) is 5.92 Å². The molecule has 2 N–H and O–H groups in total. The molecular formula is C24H39N5O2. The maximum Gasteiger partial charge on any atom is 0.224 e. The SMILES string of the molecule is CN=C(NCCC(=O)N1CCCC(C)C1)NCC(c1ccccc1OC)N1CCCC1. The van der Waals surface area contributed by atoms with E-state index >= 15 is 0 Å². The second-order valence-electron chi connectivity index (χ2n) is 8.72. The van der Waals surface area contributed by atoms with Crippen LogP contribution in [0.25, 0.3) is 0 Å². The minimum Gasteiger partial charge on any atom is -0.496 e. The predicted octanol–water partition coefficient (Wildman–Crippen LogP) is 2.65. The first-order valence-electron chi connectivity index (χ1n) is 11.7. The number of ether oxygens (including phenoxy) is 1. The summed E-state index contributed by atoms with van der Waals surface area (Å²) < 4.78 is 5.63. The quantitative estimate of drug-likeness (QED) is 0.491. The molecule has 31 heavy (non-hydrogen) atoms. The highest BCUT2D eigenvalue weighted by Gasteiger charge is 2.26. The van der Waals surface area contributed by atoms with Crippen LogP contribution in [0.5, 0.6) is 5.75 Å². The summed E-state index contributed by atoms with van der Waals surface area (Å²) >= 11 is 0. The Morgan fingerprint density at radius 2 is 1.97 bits per heavy atom. The van der Waals surface area contributed by atoms with Crippen molar-refractivity contribution < 1.29 is 9.53 Å². The molecule has 0 aliphatic carbocycles. The number of carbonyl (C=O) groups is 1. The fourth-order valence-corrected chi connectivity index (χ4v) is 4.71. The van der Waals surface area contributed by atoms with E-state index in [1.54, 1.807) is 14.2 Å². The van der Waals surface area contributed by atoms with Crippen molar-refractivity contribution in [1.82, 2.24) is 20.4 Å². The maximum absolute atomic E-state index is 12.5. The van der Waals surface area contributed by atoms with Gasteiger partial charge in [0.1, 0.15) is 5.75 Å². The van der Waals surface area contributed by atoms with Crippen LogP contribution in [0.2, 0.25) is 0 Å². The number of methoxy groups -OCH3 is 1. The Bertz CT molecular complexity index is 732. The van der Waals surface area contributed by atoms with Crippen LogP contribution in [0.1, 0.15) is 50.6 Å². The molecule has 7 nitrogen and oxygen atoms in total. The van der Waals surface area contributed by atoms with Crippen LogP contribution >= 0.6 is 0 Å². The predicted molar refractivity (Wildman–Crippen MR) is 126 cm³/mol. The molecule has 2 atom stereocenters. The van der Waals surface area contributed by atoms with E-state index in [4.69, 9.17) is 4.74 Å². The highest BCUT2D eigenvalue weighted by molar-refractivity contribution is 5.81. The third-order valence-corrected chi connectivity index (χ3v) is 6.41. The van der Waals surface area contributed by atoms with Gasteiger partial charge >= 0.3 is 0 Å². The van der Waals surface area contributed by atoms with Crippen molar-refractivity contribution in [3.63, 3.8) is 0 Å². The van der Waals surface area contributed by atoms with Crippen molar-refractivity contribution in [2.75, 3.05) is 53.4 Å². The van der Waals surface area contributed by atoms with E-state index in [1.807, 2.05) is 17.0 Å². The molecule has 2 heterocycles. The van der Waals surface area contributed by atoms with E-state index in [2.05, 4.69) is 39.6 Å². The number of carbonyl (C=O) groups excluding carboxylic acids is 1. The van der Waals surface area contributed by atoms with Gasteiger partial charge in [-0.1, -0.05) is 25.1 Å². The summed E-state index contributed by atoms with van der Waals surface area (Å²) in [6.07, 6.45) is 5.30. The van der Waals surface area contributed by atoms with E-state index in [0.29, 0.717) is 18.9 Å². The number of rotatable bonds is 8. The number of para-hydroxylation sites is 1. The Kier molecular flexibility index (Phi) is 9.00. The van der Waals surface area contributed by atoms with E-state index < -0.39 is 0 Å². The topological polar surface area (TPSA) is 69.2 Å². The average molecular weight is 430 g/mol. The summed E-state index contributed by atoms with van der Waals surface area (Å²) in [6.45, 7) is 7.53. The third-order valence-electron chi connectivity index (χ3n) is 6.41. The number of likely N-dealkylation sites (tertiary alicyclic amines) is 2. The number of aliphatic imine (C=N–C) groups is 1. The lowest BCUT2D eigenvalue weighted by molar-refractivity contribution is -0.132. The Hall–Kier alpha value is -2.28. The van der Waals surface area contributed by atoms with Crippen LogP contribution in [0.4, 0.5) is 0 Å². The summed E-state index contributed by atoms with van der Waals surface area (Å²) in [7, 11) is 3.51. The lowest BCUT2D eigenvalue weighted by Gasteiger charge is -2.31. The van der Waals surface area contributed by atoms with Gasteiger partial charge in [-0.05, 0) is 50.8 Å². The average Bonchev–Trinajstić information content (AvgIpc) is 3.32. The second kappa shape index (κ2) is 11.9. The molecule has 2 aliphatic rings. The molecule has 0 saturated carbocycles. The van der Waals surface area contributed by atoms with Gasteiger partial charge in [-0.3, -0.25) is 14.7 Å². The van der Waals surface area contributed by atoms with Crippen molar-refractivity contribution >= 4 is 11.9 Å². The summed E-state index contributed by atoms with van der Waals surface area (Å²) in [4.78, 5) is 21.4. The minimum atomic E-state index is 0.216. The summed E-state index contributed by atoms with van der Waals surface area (Å²) in [5.41, 5.74) is 1.20. The number of hydrogen-bond acceptors (Lipinski definition) is 4. The summed E-state index contributed by atoms with van der Waals surface area (Å²) in [5.74, 6) is 2.50. The first-order chi connectivity index (χ1) is 15.1. The molecule has 2 aliphatic heterocycles. The van der Waals surface area contributed by atoms with Gasteiger partial charge in [-0.15, -0.1) is 0 Å². The van der Waals surface area contributed by atoms with Gasteiger partial charge in [-0.2, -0.15) is 0 Å². The van der Waals surface area contributed by atoms with E-state index in [9.17, 15) is 4.79 Å². The second-order valence-corrected chi connectivity index (χ2v) is 8.72. The molecule has 1 aromatic carbocycles. The largest absolute Gasteiger partial charge is 0.496 e. The first kappa shape index (κ1) is 23.4. The fraction of sp³-hybridized carbons (Fsp3) is 0.667. The third kappa shape index (κ3) is 6.60. The van der Waals surface area contributed by atoms with Crippen molar-refractivity contribution in [1.29, 1.82) is 0 Å². The zero-order valence-electron chi connectivity index (χ0n) is 19.4. The van der Waals surface area contributed by atoms with Gasteiger partial charge < -0.3 is 20.3 Å². The number of piperidine rings is 1. The molecule has 1 amide bonds. The van der Waals surface area contributed by atoms with E-state index in [1.165, 1.54) is 24.8 Å². The van der Waals surface area contributed by atoms with Gasteiger partial charge in [0.2, 0.25) is 5.91 Å².